The Bertz CT molecular complexity index is 292. The minimum absolute atomic E-state index is 0.0312. The van der Waals surface area contributed by atoms with Gasteiger partial charge in [0.1, 0.15) is 5.78 Å². The number of morpholine rings is 1. The molecule has 0 aliphatic carbocycles. The van der Waals surface area contributed by atoms with Crippen LogP contribution in [-0.4, -0.2) is 55.5 Å². The Kier molecular flexibility index (Phi) is 4.12. The number of Topliss-reactive ketones (excluding diaryl/α,β-unsaturated/α-hetero) is 1. The van der Waals surface area contributed by atoms with Crippen molar-refractivity contribution in [3.8, 4) is 0 Å². The van der Waals surface area contributed by atoms with E-state index in [2.05, 4.69) is 5.32 Å². The van der Waals surface area contributed by atoms with Crippen LogP contribution in [-0.2, 0) is 14.3 Å². The number of hydrogen-bond acceptors (Lipinski definition) is 4. The number of carbonyl (C=O) groups is 2. The normalized spacial score (nSPS) is 30.1. The summed E-state index contributed by atoms with van der Waals surface area (Å²) in [6.45, 7) is 4.91. The molecule has 2 atom stereocenters. The quantitative estimate of drug-likeness (QED) is 0.726. The predicted molar refractivity (Wildman–Crippen MR) is 62.6 cm³/mol. The van der Waals surface area contributed by atoms with Gasteiger partial charge in [0, 0.05) is 19.6 Å². The monoisotopic (exact) mass is 240 g/mol. The highest BCUT2D eigenvalue weighted by atomic mass is 16.5. The molecule has 0 aromatic rings. The smallest absolute Gasteiger partial charge is 0.227 e. The third-order valence-corrected chi connectivity index (χ3v) is 3.58. The summed E-state index contributed by atoms with van der Waals surface area (Å²) in [5, 5.41) is 3.16. The van der Waals surface area contributed by atoms with Gasteiger partial charge >= 0.3 is 0 Å². The maximum atomic E-state index is 12.2. The molecule has 0 aromatic carbocycles. The minimum Gasteiger partial charge on any atom is -0.378 e. The van der Waals surface area contributed by atoms with Gasteiger partial charge in [0.15, 0.2) is 0 Å². The zero-order chi connectivity index (χ0) is 12.3. The van der Waals surface area contributed by atoms with E-state index >= 15 is 0 Å². The summed E-state index contributed by atoms with van der Waals surface area (Å²) in [7, 11) is 0. The number of nitrogens with one attached hydrogen (secondary N) is 1. The Morgan fingerprint density at radius 2 is 1.94 bits per heavy atom. The Morgan fingerprint density at radius 3 is 2.47 bits per heavy atom. The van der Waals surface area contributed by atoms with E-state index in [9.17, 15) is 9.59 Å². The Labute approximate surface area is 101 Å². The van der Waals surface area contributed by atoms with E-state index in [0.717, 1.165) is 12.8 Å². The van der Waals surface area contributed by atoms with Crippen molar-refractivity contribution in [3.63, 3.8) is 0 Å². The van der Waals surface area contributed by atoms with Crippen LogP contribution in [0, 0.1) is 5.92 Å². The fourth-order valence-electron chi connectivity index (χ4n) is 2.46. The molecule has 2 unspecified atom stereocenters. The zero-order valence-corrected chi connectivity index (χ0v) is 10.3. The van der Waals surface area contributed by atoms with Gasteiger partial charge in [0.25, 0.3) is 0 Å². The van der Waals surface area contributed by atoms with Gasteiger partial charge in [-0.1, -0.05) is 0 Å². The van der Waals surface area contributed by atoms with Gasteiger partial charge in [-0.05, 0) is 19.8 Å². The number of piperidine rings is 1. The number of ether oxygens (including phenoxy) is 1. The second-order valence-corrected chi connectivity index (χ2v) is 4.78. The molecule has 1 amide bonds. The van der Waals surface area contributed by atoms with Gasteiger partial charge in [0.05, 0.1) is 25.2 Å². The van der Waals surface area contributed by atoms with Crippen molar-refractivity contribution in [2.45, 2.75) is 25.8 Å². The van der Waals surface area contributed by atoms with E-state index in [1.165, 1.54) is 0 Å². The molecule has 0 saturated carbocycles. The van der Waals surface area contributed by atoms with Crippen LogP contribution in [0.4, 0.5) is 0 Å². The molecule has 2 heterocycles. The molecule has 0 radical (unpaired) electrons. The number of nitrogens with zero attached hydrogens (tertiary/aromatic N) is 1. The van der Waals surface area contributed by atoms with Crippen LogP contribution in [0.15, 0.2) is 0 Å². The average Bonchev–Trinajstić information content (AvgIpc) is 2.39. The lowest BCUT2D eigenvalue weighted by atomic mass is 9.92. The van der Waals surface area contributed by atoms with Crippen molar-refractivity contribution >= 4 is 11.7 Å². The minimum atomic E-state index is -0.0521. The summed E-state index contributed by atoms with van der Waals surface area (Å²) in [5.41, 5.74) is 0. The summed E-state index contributed by atoms with van der Waals surface area (Å²) < 4.78 is 5.23. The van der Waals surface area contributed by atoms with Crippen molar-refractivity contribution in [2.24, 2.45) is 5.92 Å². The van der Waals surface area contributed by atoms with E-state index in [0.29, 0.717) is 32.8 Å². The number of carbonyl (C=O) groups excluding carboxylic acids is 2. The summed E-state index contributed by atoms with van der Waals surface area (Å²) in [4.78, 5) is 25.3. The van der Waals surface area contributed by atoms with Crippen LogP contribution in [0.5, 0.6) is 0 Å². The summed E-state index contributed by atoms with van der Waals surface area (Å²) in [5.74, 6) is 0.411. The third kappa shape index (κ3) is 3.04. The van der Waals surface area contributed by atoms with Crippen LogP contribution in [0.25, 0.3) is 0 Å². The molecule has 2 rings (SSSR count). The summed E-state index contributed by atoms with van der Waals surface area (Å²) >= 11 is 0. The molecule has 5 heteroatoms. The Morgan fingerprint density at radius 1 is 1.24 bits per heavy atom. The van der Waals surface area contributed by atoms with Gasteiger partial charge in [-0.25, -0.2) is 0 Å². The molecule has 2 fully saturated rings. The van der Waals surface area contributed by atoms with Crippen molar-refractivity contribution in [2.75, 3.05) is 32.8 Å². The molecule has 2 aliphatic heterocycles. The highest BCUT2D eigenvalue weighted by molar-refractivity contribution is 5.83. The van der Waals surface area contributed by atoms with E-state index in [4.69, 9.17) is 4.74 Å². The highest BCUT2D eigenvalue weighted by Crippen LogP contribution is 2.18. The summed E-state index contributed by atoms with van der Waals surface area (Å²) in [6, 6.07) is -0.0521. The van der Waals surface area contributed by atoms with E-state index in [1.807, 2.05) is 4.90 Å². The Hall–Kier alpha value is -0.940. The van der Waals surface area contributed by atoms with Crippen molar-refractivity contribution in [1.29, 1.82) is 0 Å². The zero-order valence-electron chi connectivity index (χ0n) is 10.3. The molecule has 2 saturated heterocycles. The van der Waals surface area contributed by atoms with Crippen LogP contribution < -0.4 is 5.32 Å². The van der Waals surface area contributed by atoms with Crippen molar-refractivity contribution in [1.82, 2.24) is 10.2 Å². The van der Waals surface area contributed by atoms with E-state index in [-0.39, 0.29) is 23.7 Å². The Balaban J connectivity index is 1.83. The molecule has 0 aromatic heterocycles. The summed E-state index contributed by atoms with van der Waals surface area (Å²) in [6.07, 6.45) is 1.59. The molecule has 0 bridgehead atoms. The molecule has 2 aliphatic rings. The fraction of sp³-hybridized carbons (Fsp3) is 0.833. The first-order valence-corrected chi connectivity index (χ1v) is 6.29. The van der Waals surface area contributed by atoms with Gasteiger partial charge in [-0.2, -0.15) is 0 Å². The fourth-order valence-corrected chi connectivity index (χ4v) is 2.46. The van der Waals surface area contributed by atoms with E-state index in [1.54, 1.807) is 6.92 Å². The number of ketones is 1. The first-order chi connectivity index (χ1) is 8.18. The third-order valence-electron chi connectivity index (χ3n) is 3.58. The topological polar surface area (TPSA) is 58.6 Å². The van der Waals surface area contributed by atoms with Crippen molar-refractivity contribution in [3.05, 3.63) is 0 Å². The van der Waals surface area contributed by atoms with Crippen LogP contribution >= 0.6 is 0 Å². The first kappa shape index (κ1) is 12.5. The molecule has 96 valence electrons. The average molecular weight is 240 g/mol. The predicted octanol–water partition coefficient (Wildman–Crippen LogP) is -0.198. The highest BCUT2D eigenvalue weighted by Gasteiger charge is 2.30. The molecule has 5 nitrogen and oxygen atoms in total. The molecule has 17 heavy (non-hydrogen) atoms. The van der Waals surface area contributed by atoms with Gasteiger partial charge in [-0.3, -0.25) is 9.59 Å². The maximum Gasteiger partial charge on any atom is 0.227 e. The second-order valence-electron chi connectivity index (χ2n) is 4.78. The standard InChI is InChI=1S/C12H20N2O3/c1-9(15)11-3-2-10(8-13-11)12(16)14-4-6-17-7-5-14/h10-11,13H,2-8H2,1H3. The number of rotatable bonds is 2. The van der Waals surface area contributed by atoms with Crippen molar-refractivity contribution < 1.29 is 14.3 Å². The molecule has 1 N–H and O–H groups in total. The largest absolute Gasteiger partial charge is 0.378 e. The molecule has 0 spiro atoms. The lowest BCUT2D eigenvalue weighted by Crippen LogP contribution is -2.50. The lowest BCUT2D eigenvalue weighted by Gasteiger charge is -2.33. The van der Waals surface area contributed by atoms with Gasteiger partial charge in [-0.15, -0.1) is 0 Å². The van der Waals surface area contributed by atoms with E-state index < -0.39 is 0 Å². The molecular weight excluding hydrogens is 220 g/mol. The van der Waals surface area contributed by atoms with Crippen LogP contribution in [0.2, 0.25) is 0 Å². The van der Waals surface area contributed by atoms with Gasteiger partial charge in [0.2, 0.25) is 5.91 Å². The van der Waals surface area contributed by atoms with Crippen LogP contribution in [0.3, 0.4) is 0 Å². The number of hydrogen-bond donors (Lipinski definition) is 1. The SMILES string of the molecule is CC(=O)C1CCC(C(=O)N2CCOCC2)CN1. The first-order valence-electron chi connectivity index (χ1n) is 6.29. The van der Waals surface area contributed by atoms with Gasteiger partial charge < -0.3 is 15.0 Å². The number of amides is 1. The second kappa shape index (κ2) is 5.60. The lowest BCUT2D eigenvalue weighted by molar-refractivity contribution is -0.141. The maximum absolute atomic E-state index is 12.2. The van der Waals surface area contributed by atoms with Crippen LogP contribution in [0.1, 0.15) is 19.8 Å². The molecular formula is C12H20N2O3.